The smallest absolute Gasteiger partial charge is 0.0727 e. The third kappa shape index (κ3) is 13.1. The van der Waals surface area contributed by atoms with Gasteiger partial charge < -0.3 is 16.2 Å². The first-order valence-electron chi connectivity index (χ1n) is 11.9. The molecule has 0 aromatic carbocycles. The van der Waals surface area contributed by atoms with Crippen LogP contribution in [-0.2, 0) is 4.74 Å². The summed E-state index contributed by atoms with van der Waals surface area (Å²) in [5.74, 6) is 0. The van der Waals surface area contributed by atoms with Crippen LogP contribution in [0.1, 0.15) is 122 Å². The summed E-state index contributed by atoms with van der Waals surface area (Å²) in [6.45, 7) is 3.17. The fraction of sp³-hybridized carbons (Fsp3) is 1.00. The molecule has 0 saturated heterocycles. The van der Waals surface area contributed by atoms with Gasteiger partial charge in [-0.25, -0.2) is 0 Å². The standard InChI is InChI=1S/C23H48N2O/c1-2-3-4-5-6-7-8-9-10-11-12-13-14-15-16-19-26-23-18-17-21(24)20-22(23)25/h21-23H,2-20,24-25H2,1H3. The van der Waals surface area contributed by atoms with Gasteiger partial charge >= 0.3 is 0 Å². The number of hydrogen-bond donors (Lipinski definition) is 2. The van der Waals surface area contributed by atoms with Gasteiger partial charge in [0.2, 0.25) is 0 Å². The summed E-state index contributed by atoms with van der Waals surface area (Å²) in [6.07, 6.45) is 24.3. The molecule has 1 aliphatic rings. The number of ether oxygens (including phenoxy) is 1. The summed E-state index contributed by atoms with van der Waals surface area (Å²) >= 11 is 0. The Bertz CT molecular complexity index is 298. The highest BCUT2D eigenvalue weighted by molar-refractivity contribution is 4.85. The Labute approximate surface area is 164 Å². The summed E-state index contributed by atoms with van der Waals surface area (Å²) in [5, 5.41) is 0. The normalized spacial score (nSPS) is 23.4. The zero-order chi connectivity index (χ0) is 18.9. The van der Waals surface area contributed by atoms with Crippen molar-refractivity contribution < 1.29 is 4.74 Å². The van der Waals surface area contributed by atoms with Crippen molar-refractivity contribution in [2.24, 2.45) is 11.5 Å². The van der Waals surface area contributed by atoms with Crippen molar-refractivity contribution in [1.82, 2.24) is 0 Å². The van der Waals surface area contributed by atoms with Gasteiger partial charge in [-0.1, -0.05) is 96.8 Å². The summed E-state index contributed by atoms with van der Waals surface area (Å²) in [7, 11) is 0. The topological polar surface area (TPSA) is 61.3 Å². The minimum atomic E-state index is 0.148. The van der Waals surface area contributed by atoms with Gasteiger partial charge in [0.15, 0.2) is 0 Å². The van der Waals surface area contributed by atoms with Crippen LogP contribution in [0.4, 0.5) is 0 Å². The lowest BCUT2D eigenvalue weighted by molar-refractivity contribution is 0.00978. The minimum Gasteiger partial charge on any atom is -0.377 e. The van der Waals surface area contributed by atoms with Crippen LogP contribution < -0.4 is 11.5 Å². The fourth-order valence-corrected chi connectivity index (χ4v) is 4.13. The van der Waals surface area contributed by atoms with Crippen LogP contribution in [-0.4, -0.2) is 24.8 Å². The van der Waals surface area contributed by atoms with Crippen molar-refractivity contribution in [2.75, 3.05) is 6.61 Å². The van der Waals surface area contributed by atoms with Gasteiger partial charge in [-0.05, 0) is 25.7 Å². The van der Waals surface area contributed by atoms with Crippen LogP contribution in [0.2, 0.25) is 0 Å². The molecule has 3 unspecified atom stereocenters. The molecular weight excluding hydrogens is 320 g/mol. The molecule has 1 fully saturated rings. The Morgan fingerprint density at radius 2 is 1.12 bits per heavy atom. The maximum absolute atomic E-state index is 6.13. The van der Waals surface area contributed by atoms with Gasteiger partial charge in [0.25, 0.3) is 0 Å². The van der Waals surface area contributed by atoms with E-state index in [2.05, 4.69) is 6.92 Å². The predicted octanol–water partition coefficient (Wildman–Crippen LogP) is 6.08. The van der Waals surface area contributed by atoms with Crippen molar-refractivity contribution in [1.29, 1.82) is 0 Å². The van der Waals surface area contributed by atoms with Gasteiger partial charge in [-0.15, -0.1) is 0 Å². The average Bonchev–Trinajstić information content (AvgIpc) is 2.63. The summed E-state index contributed by atoms with van der Waals surface area (Å²) in [4.78, 5) is 0. The molecule has 4 N–H and O–H groups in total. The van der Waals surface area contributed by atoms with Gasteiger partial charge in [0.1, 0.15) is 0 Å². The van der Waals surface area contributed by atoms with Crippen LogP contribution in [0.25, 0.3) is 0 Å². The molecule has 0 aromatic heterocycles. The Balaban J connectivity index is 1.73. The van der Waals surface area contributed by atoms with Gasteiger partial charge in [0.05, 0.1) is 6.10 Å². The first kappa shape index (κ1) is 23.9. The van der Waals surface area contributed by atoms with Gasteiger partial charge in [-0.2, -0.15) is 0 Å². The third-order valence-corrected chi connectivity index (χ3v) is 5.95. The molecule has 0 aliphatic heterocycles. The largest absolute Gasteiger partial charge is 0.377 e. The second-order valence-corrected chi connectivity index (χ2v) is 8.60. The monoisotopic (exact) mass is 368 g/mol. The molecule has 1 aliphatic carbocycles. The maximum Gasteiger partial charge on any atom is 0.0727 e. The molecule has 26 heavy (non-hydrogen) atoms. The maximum atomic E-state index is 6.13. The number of rotatable bonds is 17. The van der Waals surface area contributed by atoms with E-state index < -0.39 is 0 Å². The van der Waals surface area contributed by atoms with E-state index in [1.54, 1.807) is 0 Å². The van der Waals surface area contributed by atoms with E-state index in [-0.39, 0.29) is 18.2 Å². The molecule has 0 amide bonds. The Hall–Kier alpha value is -0.120. The quantitative estimate of drug-likeness (QED) is 0.306. The highest BCUT2D eigenvalue weighted by Crippen LogP contribution is 2.20. The van der Waals surface area contributed by atoms with E-state index in [1.165, 1.54) is 96.3 Å². The lowest BCUT2D eigenvalue weighted by atomic mass is 9.89. The van der Waals surface area contributed by atoms with E-state index in [4.69, 9.17) is 16.2 Å². The molecule has 0 spiro atoms. The van der Waals surface area contributed by atoms with Crippen molar-refractivity contribution in [3.05, 3.63) is 0 Å². The Morgan fingerprint density at radius 3 is 1.58 bits per heavy atom. The van der Waals surface area contributed by atoms with Crippen molar-refractivity contribution >= 4 is 0 Å². The lowest BCUT2D eigenvalue weighted by Crippen LogP contribution is -2.46. The van der Waals surface area contributed by atoms with Crippen molar-refractivity contribution in [3.63, 3.8) is 0 Å². The third-order valence-electron chi connectivity index (χ3n) is 5.95. The molecule has 3 heteroatoms. The molecule has 0 bridgehead atoms. The number of unbranched alkanes of at least 4 members (excludes halogenated alkanes) is 14. The van der Waals surface area contributed by atoms with Crippen LogP contribution in [0.3, 0.4) is 0 Å². The van der Waals surface area contributed by atoms with E-state index in [1.807, 2.05) is 0 Å². The summed E-state index contributed by atoms with van der Waals surface area (Å²) in [6, 6.07) is 0.436. The van der Waals surface area contributed by atoms with Crippen LogP contribution >= 0.6 is 0 Å². The zero-order valence-electron chi connectivity index (χ0n) is 17.7. The first-order chi connectivity index (χ1) is 12.7. The van der Waals surface area contributed by atoms with E-state index in [0.29, 0.717) is 0 Å². The zero-order valence-corrected chi connectivity index (χ0v) is 17.7. The molecule has 1 rings (SSSR count). The SMILES string of the molecule is CCCCCCCCCCCCCCCCCOC1CCC(N)CC1N. The van der Waals surface area contributed by atoms with Gasteiger partial charge in [0, 0.05) is 18.7 Å². The van der Waals surface area contributed by atoms with E-state index in [9.17, 15) is 0 Å². The van der Waals surface area contributed by atoms with Crippen LogP contribution in [0.15, 0.2) is 0 Å². The molecule has 3 atom stereocenters. The Kier molecular flexibility index (Phi) is 15.6. The molecule has 1 saturated carbocycles. The Morgan fingerprint density at radius 1 is 0.654 bits per heavy atom. The molecule has 0 aromatic rings. The average molecular weight is 369 g/mol. The first-order valence-corrected chi connectivity index (χ1v) is 11.9. The molecule has 0 heterocycles. The molecule has 3 nitrogen and oxygen atoms in total. The minimum absolute atomic E-state index is 0.148. The summed E-state index contributed by atoms with van der Waals surface area (Å²) < 4.78 is 5.98. The van der Waals surface area contributed by atoms with Crippen LogP contribution in [0, 0.1) is 0 Å². The van der Waals surface area contributed by atoms with E-state index >= 15 is 0 Å². The highest BCUT2D eigenvalue weighted by Gasteiger charge is 2.26. The fourth-order valence-electron chi connectivity index (χ4n) is 4.13. The second-order valence-electron chi connectivity index (χ2n) is 8.60. The number of nitrogens with two attached hydrogens (primary N) is 2. The predicted molar refractivity (Wildman–Crippen MR) is 114 cm³/mol. The lowest BCUT2D eigenvalue weighted by Gasteiger charge is -2.32. The molecule has 0 radical (unpaired) electrons. The highest BCUT2D eigenvalue weighted by atomic mass is 16.5. The van der Waals surface area contributed by atoms with Crippen molar-refractivity contribution in [3.8, 4) is 0 Å². The van der Waals surface area contributed by atoms with Crippen LogP contribution in [0.5, 0.6) is 0 Å². The second kappa shape index (κ2) is 17.0. The van der Waals surface area contributed by atoms with Gasteiger partial charge in [-0.3, -0.25) is 0 Å². The van der Waals surface area contributed by atoms with Crippen molar-refractivity contribution in [2.45, 2.75) is 141 Å². The van der Waals surface area contributed by atoms with E-state index in [0.717, 1.165) is 25.9 Å². The molecule has 156 valence electrons. The summed E-state index contributed by atoms with van der Waals surface area (Å²) in [5.41, 5.74) is 12.1. The number of hydrogen-bond acceptors (Lipinski definition) is 3. The molecular formula is C23H48N2O.